The van der Waals surface area contributed by atoms with E-state index in [0.29, 0.717) is 12.5 Å². The Morgan fingerprint density at radius 3 is 2.63 bits per heavy atom. The molecule has 0 radical (unpaired) electrons. The molecule has 0 saturated carbocycles. The van der Waals surface area contributed by atoms with Gasteiger partial charge in [-0.3, -0.25) is 5.10 Å². The molecule has 1 aromatic heterocycles. The summed E-state index contributed by atoms with van der Waals surface area (Å²) in [5.74, 6) is 1.22. The van der Waals surface area contributed by atoms with Crippen molar-refractivity contribution in [1.82, 2.24) is 20.4 Å². The number of hydrogen-bond donors (Lipinski definition) is 2. The van der Waals surface area contributed by atoms with Crippen LogP contribution in [-0.2, 0) is 6.54 Å². The number of likely N-dealkylation sites (tertiary alicyclic amines) is 1. The third kappa shape index (κ3) is 4.64. The molecular weight excluding hydrogens is 376 g/mol. The highest BCUT2D eigenvalue weighted by atomic mass is 16.5. The zero-order valence-corrected chi connectivity index (χ0v) is 17.5. The molecule has 0 spiro atoms. The molecule has 4 rings (SSSR count). The van der Waals surface area contributed by atoms with Gasteiger partial charge in [-0.1, -0.05) is 35.9 Å². The second-order valence-corrected chi connectivity index (χ2v) is 7.85. The van der Waals surface area contributed by atoms with Crippen molar-refractivity contribution >= 4 is 6.03 Å². The van der Waals surface area contributed by atoms with Crippen LogP contribution in [0.1, 0.15) is 35.6 Å². The predicted molar refractivity (Wildman–Crippen MR) is 118 cm³/mol. The van der Waals surface area contributed by atoms with Gasteiger partial charge < -0.3 is 15.0 Å². The maximum atomic E-state index is 12.5. The van der Waals surface area contributed by atoms with Gasteiger partial charge >= 0.3 is 6.03 Å². The maximum absolute atomic E-state index is 12.5. The zero-order valence-electron chi connectivity index (χ0n) is 17.5. The first kappa shape index (κ1) is 20.0. The maximum Gasteiger partial charge on any atom is 0.317 e. The molecule has 2 amide bonds. The van der Waals surface area contributed by atoms with Crippen LogP contribution < -0.4 is 10.1 Å². The molecule has 2 N–H and O–H groups in total. The van der Waals surface area contributed by atoms with E-state index in [1.54, 1.807) is 7.11 Å². The van der Waals surface area contributed by atoms with Crippen LogP contribution in [0.15, 0.2) is 54.6 Å². The second-order valence-electron chi connectivity index (χ2n) is 7.85. The second kappa shape index (κ2) is 9.03. The minimum atomic E-state index is -0.00525. The standard InChI is InChI=1S/C24H28N4O2/c1-17-4-3-5-20(14-17)23-15-22(26-27-23)19-10-12-28(13-11-19)24(29)25-16-18-6-8-21(30-2)9-7-18/h3-9,14-15,19H,10-13,16H2,1-2H3,(H,25,29)(H,26,27). The molecule has 6 nitrogen and oxygen atoms in total. The van der Waals surface area contributed by atoms with Gasteiger partial charge in [0.2, 0.25) is 0 Å². The van der Waals surface area contributed by atoms with Crippen LogP contribution in [0.5, 0.6) is 5.75 Å². The Hall–Kier alpha value is -3.28. The van der Waals surface area contributed by atoms with E-state index in [1.165, 1.54) is 5.56 Å². The van der Waals surface area contributed by atoms with Crippen molar-refractivity contribution in [2.24, 2.45) is 0 Å². The molecule has 2 heterocycles. The quantitative estimate of drug-likeness (QED) is 0.659. The molecule has 0 aliphatic carbocycles. The van der Waals surface area contributed by atoms with Gasteiger partial charge in [0.25, 0.3) is 0 Å². The van der Waals surface area contributed by atoms with Gasteiger partial charge in [0.05, 0.1) is 12.8 Å². The van der Waals surface area contributed by atoms with Gasteiger partial charge in [-0.15, -0.1) is 0 Å². The monoisotopic (exact) mass is 404 g/mol. The summed E-state index contributed by atoms with van der Waals surface area (Å²) in [5.41, 5.74) is 5.55. The predicted octanol–water partition coefficient (Wildman–Crippen LogP) is 4.48. The fraction of sp³-hybridized carbons (Fsp3) is 0.333. The molecule has 0 bridgehead atoms. The number of aryl methyl sites for hydroxylation is 1. The fourth-order valence-electron chi connectivity index (χ4n) is 3.92. The van der Waals surface area contributed by atoms with E-state index in [0.717, 1.165) is 54.2 Å². The van der Waals surface area contributed by atoms with E-state index in [2.05, 4.69) is 52.8 Å². The van der Waals surface area contributed by atoms with E-state index in [-0.39, 0.29) is 6.03 Å². The number of amides is 2. The van der Waals surface area contributed by atoms with Gasteiger partial charge in [0.1, 0.15) is 5.75 Å². The molecule has 2 aromatic carbocycles. The first-order valence-corrected chi connectivity index (χ1v) is 10.4. The Kier molecular flexibility index (Phi) is 6.02. The van der Waals surface area contributed by atoms with Crippen molar-refractivity contribution in [2.45, 2.75) is 32.2 Å². The molecule has 3 aromatic rings. The van der Waals surface area contributed by atoms with Gasteiger partial charge in [0.15, 0.2) is 0 Å². The summed E-state index contributed by atoms with van der Waals surface area (Å²) in [7, 11) is 1.65. The number of urea groups is 1. The Balaban J connectivity index is 1.28. The van der Waals surface area contributed by atoms with Crippen molar-refractivity contribution in [3.05, 3.63) is 71.4 Å². The van der Waals surface area contributed by atoms with Crippen molar-refractivity contribution in [1.29, 1.82) is 0 Å². The molecule has 1 fully saturated rings. The van der Waals surface area contributed by atoms with Crippen LogP contribution in [0.4, 0.5) is 4.79 Å². The normalized spacial score (nSPS) is 14.5. The van der Waals surface area contributed by atoms with E-state index < -0.39 is 0 Å². The summed E-state index contributed by atoms with van der Waals surface area (Å²) >= 11 is 0. The van der Waals surface area contributed by atoms with E-state index in [1.807, 2.05) is 29.2 Å². The van der Waals surface area contributed by atoms with Gasteiger partial charge in [-0.05, 0) is 49.6 Å². The SMILES string of the molecule is COc1ccc(CNC(=O)N2CCC(c3cc(-c4cccc(C)c4)n[nH]3)CC2)cc1. The Bertz CT molecular complexity index is 988. The number of carbonyl (C=O) groups excluding carboxylic acids is 1. The highest BCUT2D eigenvalue weighted by Crippen LogP contribution is 2.29. The number of methoxy groups -OCH3 is 1. The fourth-order valence-corrected chi connectivity index (χ4v) is 3.92. The topological polar surface area (TPSA) is 70.2 Å². The third-order valence-corrected chi connectivity index (χ3v) is 5.74. The average Bonchev–Trinajstić information content (AvgIpc) is 3.28. The van der Waals surface area contributed by atoms with Gasteiger partial charge in [0, 0.05) is 36.8 Å². The number of nitrogens with zero attached hydrogens (tertiary/aromatic N) is 2. The van der Waals surface area contributed by atoms with Crippen LogP contribution in [0.2, 0.25) is 0 Å². The Labute approximate surface area is 177 Å². The number of benzene rings is 2. The van der Waals surface area contributed by atoms with Crippen LogP contribution in [0, 0.1) is 6.92 Å². The third-order valence-electron chi connectivity index (χ3n) is 5.74. The first-order chi connectivity index (χ1) is 14.6. The summed E-state index contributed by atoms with van der Waals surface area (Å²) in [6, 6.07) is 18.3. The van der Waals surface area contributed by atoms with Crippen molar-refractivity contribution in [2.75, 3.05) is 20.2 Å². The summed E-state index contributed by atoms with van der Waals surface area (Å²) in [5, 5.41) is 10.7. The van der Waals surface area contributed by atoms with Gasteiger partial charge in [-0.2, -0.15) is 5.10 Å². The number of nitrogens with one attached hydrogen (secondary N) is 2. The Morgan fingerprint density at radius 1 is 1.17 bits per heavy atom. The zero-order chi connectivity index (χ0) is 20.9. The molecular formula is C24H28N4O2. The molecule has 1 aliphatic heterocycles. The van der Waals surface area contributed by atoms with Gasteiger partial charge in [-0.25, -0.2) is 4.79 Å². The molecule has 0 unspecified atom stereocenters. The molecule has 30 heavy (non-hydrogen) atoms. The van der Waals surface area contributed by atoms with E-state index in [9.17, 15) is 4.79 Å². The highest BCUT2D eigenvalue weighted by molar-refractivity contribution is 5.74. The lowest BCUT2D eigenvalue weighted by molar-refractivity contribution is 0.180. The molecule has 0 atom stereocenters. The summed E-state index contributed by atoms with van der Waals surface area (Å²) in [6.07, 6.45) is 1.87. The number of H-pyrrole nitrogens is 1. The smallest absolute Gasteiger partial charge is 0.317 e. The minimum absolute atomic E-state index is 0.00525. The van der Waals surface area contributed by atoms with Crippen molar-refractivity contribution < 1.29 is 9.53 Å². The van der Waals surface area contributed by atoms with Crippen LogP contribution >= 0.6 is 0 Å². The van der Waals surface area contributed by atoms with E-state index in [4.69, 9.17) is 4.74 Å². The van der Waals surface area contributed by atoms with Crippen LogP contribution in [0.25, 0.3) is 11.3 Å². The minimum Gasteiger partial charge on any atom is -0.497 e. The number of rotatable bonds is 5. The summed E-state index contributed by atoms with van der Waals surface area (Å²) in [6.45, 7) is 4.10. The number of aromatic amines is 1. The summed E-state index contributed by atoms with van der Waals surface area (Å²) in [4.78, 5) is 14.4. The number of aromatic nitrogens is 2. The lowest BCUT2D eigenvalue weighted by Gasteiger charge is -2.31. The number of ether oxygens (including phenoxy) is 1. The Morgan fingerprint density at radius 2 is 1.93 bits per heavy atom. The van der Waals surface area contributed by atoms with Crippen LogP contribution in [0.3, 0.4) is 0 Å². The van der Waals surface area contributed by atoms with E-state index >= 15 is 0 Å². The molecule has 6 heteroatoms. The lowest BCUT2D eigenvalue weighted by atomic mass is 9.93. The van der Waals surface area contributed by atoms with Crippen molar-refractivity contribution in [3.63, 3.8) is 0 Å². The molecule has 1 aliphatic rings. The van der Waals surface area contributed by atoms with Crippen molar-refractivity contribution in [3.8, 4) is 17.0 Å². The lowest BCUT2D eigenvalue weighted by Crippen LogP contribution is -2.43. The largest absolute Gasteiger partial charge is 0.497 e. The molecule has 156 valence electrons. The number of piperidine rings is 1. The summed E-state index contributed by atoms with van der Waals surface area (Å²) < 4.78 is 5.17. The number of hydrogen-bond acceptors (Lipinski definition) is 3. The highest BCUT2D eigenvalue weighted by Gasteiger charge is 2.25. The first-order valence-electron chi connectivity index (χ1n) is 10.4. The van der Waals surface area contributed by atoms with Crippen LogP contribution in [-0.4, -0.2) is 41.3 Å². The molecule has 1 saturated heterocycles. The number of carbonyl (C=O) groups is 1. The average molecular weight is 405 g/mol.